The topological polar surface area (TPSA) is 119 Å². The quantitative estimate of drug-likeness (QED) is 0.256. The van der Waals surface area contributed by atoms with E-state index in [1.165, 1.54) is 23.8 Å². The molecule has 4 aromatic rings. The summed E-state index contributed by atoms with van der Waals surface area (Å²) < 4.78 is 20.9. The number of hydrogen-bond donors (Lipinski definition) is 2. The van der Waals surface area contributed by atoms with Gasteiger partial charge in [0.05, 0.1) is 0 Å². The van der Waals surface area contributed by atoms with Crippen molar-refractivity contribution in [2.45, 2.75) is 24.3 Å². The maximum absolute atomic E-state index is 13.6. The minimum atomic E-state index is -2.35. The molecule has 1 saturated heterocycles. The van der Waals surface area contributed by atoms with E-state index in [2.05, 4.69) is 10.5 Å². The number of rotatable bonds is 8. The number of nitrogens with zero attached hydrogens (tertiary/aromatic N) is 2. The van der Waals surface area contributed by atoms with Crippen LogP contribution in [0.2, 0.25) is 0 Å². The number of anilines is 2. The third-order valence-electron chi connectivity index (χ3n) is 6.15. The normalized spacial score (nSPS) is 17.4. The fraction of sp³-hybridized carbons (Fsp3) is 0.192. The second-order valence-electron chi connectivity index (χ2n) is 8.65. The number of nitrogen functional groups attached to an aromatic ring is 1. The van der Waals surface area contributed by atoms with Crippen molar-refractivity contribution in [3.63, 3.8) is 0 Å². The van der Waals surface area contributed by atoms with Gasteiger partial charge in [-0.25, -0.2) is 0 Å². The van der Waals surface area contributed by atoms with Crippen molar-refractivity contribution in [1.29, 1.82) is 0 Å². The summed E-state index contributed by atoms with van der Waals surface area (Å²) in [6.45, 7) is 2.62. The van der Waals surface area contributed by atoms with Crippen molar-refractivity contribution in [3.8, 4) is 11.3 Å². The van der Waals surface area contributed by atoms with E-state index in [1.807, 2.05) is 65.0 Å². The number of Topliss-reactive ketones (excluding diaryl/α,β-unsaturated/α-hetero) is 1. The Morgan fingerprint density at radius 3 is 2.51 bits per heavy atom. The summed E-state index contributed by atoms with van der Waals surface area (Å²) in [5.74, 6) is -0.615. The van der Waals surface area contributed by atoms with Crippen molar-refractivity contribution in [1.82, 2.24) is 9.46 Å². The molecule has 2 atom stereocenters. The molecule has 3 heterocycles. The second kappa shape index (κ2) is 10.4. The molecule has 0 saturated carbocycles. The van der Waals surface area contributed by atoms with E-state index in [-0.39, 0.29) is 33.7 Å². The molecule has 37 heavy (non-hydrogen) atoms. The summed E-state index contributed by atoms with van der Waals surface area (Å²) in [7, 11) is -2.35. The zero-order valence-corrected chi connectivity index (χ0v) is 24.0. The Morgan fingerprint density at radius 1 is 1.16 bits per heavy atom. The molecule has 1 aliphatic rings. The van der Waals surface area contributed by atoms with E-state index in [0.717, 1.165) is 28.2 Å². The van der Waals surface area contributed by atoms with Gasteiger partial charge < -0.3 is 0 Å². The van der Waals surface area contributed by atoms with Gasteiger partial charge in [0.25, 0.3) is 0 Å². The van der Waals surface area contributed by atoms with Crippen molar-refractivity contribution in [2.24, 2.45) is 0 Å². The molecule has 0 radical (unpaired) electrons. The Kier molecular flexibility index (Phi) is 7.23. The summed E-state index contributed by atoms with van der Waals surface area (Å²) in [6.07, 6.45) is 0.739. The van der Waals surface area contributed by atoms with E-state index in [4.69, 9.17) is 10.3 Å². The first-order valence-corrected chi connectivity index (χ1v) is 16.9. The minimum absolute atomic E-state index is 0.0510. The summed E-state index contributed by atoms with van der Waals surface area (Å²) in [5, 5.41) is 7.95. The van der Waals surface area contributed by atoms with Crippen LogP contribution in [-0.2, 0) is 24.4 Å². The number of nitrogens with two attached hydrogens (primary N) is 1. The summed E-state index contributed by atoms with van der Waals surface area (Å²) >= 11 is 2.64. The van der Waals surface area contributed by atoms with Gasteiger partial charge in [0, 0.05) is 5.56 Å². The van der Waals surface area contributed by atoms with E-state index >= 15 is 0 Å². The predicted molar refractivity (Wildman–Crippen MR) is 141 cm³/mol. The maximum atomic E-state index is 13.6. The standard InChI is InChI=1S/C26H24N4O4S2.Os/c1-16(31)22-23(27)25(24(32)21-14-20(29-34-21)17-8-4-2-5-9-17)35-26(22)28-18-12-13-30(15-18)36(33)19-10-6-3-7-11-19;/h2-11,14,18,28H,12-13,15,27H2,1H3;. The van der Waals surface area contributed by atoms with E-state index in [1.54, 1.807) is 6.07 Å². The molecule has 5 rings (SSSR count). The Hall–Kier alpha value is -2.96. The predicted octanol–water partition coefficient (Wildman–Crippen LogP) is 4.63. The molecule has 0 aliphatic carbocycles. The number of carbonyl (C=O) groups is 2. The number of benzene rings is 2. The van der Waals surface area contributed by atoms with Crippen LogP contribution in [0.1, 0.15) is 39.1 Å². The van der Waals surface area contributed by atoms with Crippen LogP contribution >= 0.6 is 11.3 Å². The number of ketones is 2. The first kappa shape index (κ1) is 25.7. The number of carbonyl (C=O) groups excluding carboxylic acids is 2. The second-order valence-corrected chi connectivity index (χ2v) is 15.8. The Morgan fingerprint density at radius 2 is 1.84 bits per heavy atom. The van der Waals surface area contributed by atoms with E-state index in [0.29, 0.717) is 23.8 Å². The fourth-order valence-electron chi connectivity index (χ4n) is 4.28. The number of thiophene rings is 1. The molecule has 2 aromatic heterocycles. The van der Waals surface area contributed by atoms with Crippen LogP contribution in [0, 0.1) is 0 Å². The number of nitrogens with one attached hydrogen (secondary N) is 1. The Balaban J connectivity index is 1.37. The van der Waals surface area contributed by atoms with Gasteiger partial charge in [0.2, 0.25) is 0 Å². The first-order valence-electron chi connectivity index (χ1n) is 11.5. The van der Waals surface area contributed by atoms with Gasteiger partial charge in [-0.05, 0) is 0 Å². The molecule has 192 valence electrons. The van der Waals surface area contributed by atoms with Crippen molar-refractivity contribution in [2.75, 3.05) is 24.1 Å². The summed E-state index contributed by atoms with van der Waals surface area (Å²) in [6, 6.07) is 20.4. The van der Waals surface area contributed by atoms with E-state index < -0.39 is 13.3 Å². The summed E-state index contributed by atoms with van der Waals surface area (Å²) in [4.78, 5) is 26.8. The van der Waals surface area contributed by atoms with Crippen LogP contribution in [-0.4, -0.2) is 44.4 Å². The Bertz CT molecular complexity index is 1570. The Labute approximate surface area is 227 Å². The molecule has 0 amide bonds. The van der Waals surface area contributed by atoms with Gasteiger partial charge in [-0.3, -0.25) is 0 Å². The third kappa shape index (κ3) is 5.09. The molecule has 8 nitrogen and oxygen atoms in total. The van der Waals surface area contributed by atoms with Crippen molar-refractivity contribution >= 4 is 41.1 Å². The third-order valence-corrected chi connectivity index (χ3v) is 12.9. The summed E-state index contributed by atoms with van der Waals surface area (Å²) in [5.41, 5.74) is 8.10. The molecule has 3 N–H and O–H groups in total. The van der Waals surface area contributed by atoms with Gasteiger partial charge in [0.15, 0.2) is 0 Å². The van der Waals surface area contributed by atoms with Gasteiger partial charge in [-0.15, -0.1) is 0 Å². The van der Waals surface area contributed by atoms with Gasteiger partial charge in [-0.2, -0.15) is 0 Å². The monoisotopic (exact) mass is 712 g/mol. The SMILES string of the molecule is CC(=O)c1c(NC2CCN([S](=O)(=[Os])c3ccccc3)C2)sc(C(=O)c2cc(-c3ccccc3)no2)c1N. The number of hydrogen-bond acceptors (Lipinski definition) is 8. The van der Waals surface area contributed by atoms with Crippen LogP contribution in [0.25, 0.3) is 11.3 Å². The average molecular weight is 711 g/mol. The van der Waals surface area contributed by atoms with Crippen LogP contribution in [0.5, 0.6) is 0 Å². The molecule has 0 bridgehead atoms. The van der Waals surface area contributed by atoms with Gasteiger partial charge >= 0.3 is 192 Å². The molecule has 2 unspecified atom stereocenters. The van der Waals surface area contributed by atoms with Crippen LogP contribution < -0.4 is 11.1 Å². The molecular formula is C26H24N4O4OsS2. The number of aromatic nitrogens is 1. The molecular weight excluding hydrogens is 687 g/mol. The van der Waals surface area contributed by atoms with Crippen molar-refractivity contribution < 1.29 is 35.2 Å². The van der Waals surface area contributed by atoms with Crippen LogP contribution in [0.3, 0.4) is 0 Å². The van der Waals surface area contributed by atoms with Crippen LogP contribution in [0.15, 0.2) is 76.1 Å². The molecule has 11 heteroatoms. The zero-order valence-electron chi connectivity index (χ0n) is 19.8. The molecule has 0 spiro atoms. The average Bonchev–Trinajstić information content (AvgIpc) is 3.64. The first-order chi connectivity index (χ1) is 17.8. The van der Waals surface area contributed by atoms with Gasteiger partial charge in [-0.1, -0.05) is 30.3 Å². The zero-order chi connectivity index (χ0) is 26.2. The van der Waals surface area contributed by atoms with Crippen LogP contribution in [0.4, 0.5) is 10.7 Å². The molecule has 1 aliphatic heterocycles. The molecule has 2 aromatic carbocycles. The molecule has 1 fully saturated rings. The fourth-order valence-corrected chi connectivity index (χ4v) is 9.26. The van der Waals surface area contributed by atoms with E-state index in [9.17, 15) is 13.8 Å². The van der Waals surface area contributed by atoms with Crippen molar-refractivity contribution in [3.05, 3.63) is 82.9 Å². The van der Waals surface area contributed by atoms with Gasteiger partial charge in [0.1, 0.15) is 0 Å².